The summed E-state index contributed by atoms with van der Waals surface area (Å²) in [4.78, 5) is 12.1. The number of halogens is 4. The Hall–Kier alpha value is -2.17. The van der Waals surface area contributed by atoms with Gasteiger partial charge in [-0.05, 0) is 18.2 Å². The number of carbonyl (C=O) groups is 1. The number of rotatable bonds is 4. The monoisotopic (exact) mass is 391 g/mol. The minimum Gasteiger partial charge on any atom is -0.391 e. The van der Waals surface area contributed by atoms with Crippen molar-refractivity contribution < 1.29 is 23.1 Å². The average molecular weight is 392 g/mol. The molecular formula is C15H17ClF3N5O2. The lowest BCUT2D eigenvalue weighted by molar-refractivity contribution is -0.137. The lowest BCUT2D eigenvalue weighted by atomic mass is 10.1. The molecule has 2 atom stereocenters. The summed E-state index contributed by atoms with van der Waals surface area (Å²) in [6.45, 7) is 1.34. The highest BCUT2D eigenvalue weighted by Gasteiger charge is 2.30. The number of aromatic nitrogens is 3. The van der Waals surface area contributed by atoms with Gasteiger partial charge < -0.3 is 15.7 Å². The van der Waals surface area contributed by atoms with Gasteiger partial charge in [-0.1, -0.05) is 11.3 Å². The van der Waals surface area contributed by atoms with E-state index in [9.17, 15) is 23.1 Å². The Morgan fingerprint density at radius 2 is 2.15 bits per heavy atom. The van der Waals surface area contributed by atoms with E-state index in [1.54, 1.807) is 0 Å². The summed E-state index contributed by atoms with van der Waals surface area (Å²) in [6.07, 6.45) is -3.73. The molecule has 142 valence electrons. The first kappa shape index (κ1) is 20.1. The molecule has 1 amide bonds. The summed E-state index contributed by atoms with van der Waals surface area (Å²) in [5.74, 6) is -0.597. The summed E-state index contributed by atoms with van der Waals surface area (Å²) in [7, 11) is 0. The summed E-state index contributed by atoms with van der Waals surface area (Å²) in [6, 6.07) is 4.58. The summed E-state index contributed by atoms with van der Waals surface area (Å²) in [5, 5.41) is 22.7. The molecule has 2 unspecified atom stereocenters. The molecule has 2 aromatic rings. The summed E-state index contributed by atoms with van der Waals surface area (Å²) in [5.41, 5.74) is -0.677. The van der Waals surface area contributed by atoms with Crippen LogP contribution in [0, 0.1) is 5.92 Å². The molecule has 0 aliphatic carbocycles. The van der Waals surface area contributed by atoms with Gasteiger partial charge >= 0.3 is 6.18 Å². The molecule has 11 heteroatoms. The number of aliphatic hydroxyl groups is 1. The maximum Gasteiger partial charge on any atom is 0.416 e. The highest BCUT2D eigenvalue weighted by molar-refractivity contribution is 5.91. The number of β-amino-alcohol motifs (C(OH)–C–C–N with tert-alkyl or cyclic N) is 1. The van der Waals surface area contributed by atoms with Gasteiger partial charge in [0.2, 0.25) is 0 Å². The van der Waals surface area contributed by atoms with Gasteiger partial charge in [0.15, 0.2) is 5.69 Å². The Morgan fingerprint density at radius 3 is 2.81 bits per heavy atom. The summed E-state index contributed by atoms with van der Waals surface area (Å²) >= 11 is 0. The van der Waals surface area contributed by atoms with E-state index >= 15 is 0 Å². The number of carbonyl (C=O) groups excluding carboxylic acids is 1. The number of nitrogens with one attached hydrogen (secondary N) is 2. The largest absolute Gasteiger partial charge is 0.416 e. The smallest absolute Gasteiger partial charge is 0.391 e. The molecule has 0 radical (unpaired) electrons. The predicted molar refractivity (Wildman–Crippen MR) is 88.3 cm³/mol. The van der Waals surface area contributed by atoms with E-state index in [2.05, 4.69) is 20.9 Å². The van der Waals surface area contributed by atoms with Crippen LogP contribution in [-0.2, 0) is 6.18 Å². The number of benzene rings is 1. The second-order valence-corrected chi connectivity index (χ2v) is 5.79. The molecule has 2 heterocycles. The highest BCUT2D eigenvalue weighted by atomic mass is 35.5. The zero-order chi connectivity index (χ0) is 18.0. The molecule has 7 nitrogen and oxygen atoms in total. The van der Waals surface area contributed by atoms with E-state index in [0.717, 1.165) is 16.8 Å². The van der Waals surface area contributed by atoms with Crippen LogP contribution < -0.4 is 10.6 Å². The standard InChI is InChI=1S/C15H16F3N5O2.ClH/c16-15(17,18)10-2-1-3-11(4-10)23-8-12(21-22-23)14(25)20-6-9-5-19-7-13(9)24;/h1-4,8-9,13,19,24H,5-7H2,(H,20,25);1H. The van der Waals surface area contributed by atoms with Crippen molar-refractivity contribution >= 4 is 18.3 Å². The molecule has 1 fully saturated rings. The molecule has 0 spiro atoms. The Bertz CT molecular complexity index is 768. The Kier molecular flexibility index (Phi) is 6.21. The molecular weight excluding hydrogens is 375 g/mol. The SMILES string of the molecule is Cl.O=C(NCC1CNCC1O)c1cn(-c2cccc(C(F)(F)F)c2)nn1. The van der Waals surface area contributed by atoms with Crippen LogP contribution in [0.25, 0.3) is 5.69 Å². The van der Waals surface area contributed by atoms with Crippen LogP contribution in [0.3, 0.4) is 0 Å². The number of nitrogens with zero attached hydrogens (tertiary/aromatic N) is 3. The third-order valence-corrected chi connectivity index (χ3v) is 3.99. The number of alkyl halides is 3. The fourth-order valence-corrected chi connectivity index (χ4v) is 2.56. The maximum absolute atomic E-state index is 12.8. The zero-order valence-electron chi connectivity index (χ0n) is 13.4. The van der Waals surface area contributed by atoms with Gasteiger partial charge in [-0.2, -0.15) is 13.2 Å². The molecule has 1 aromatic heterocycles. The lowest BCUT2D eigenvalue weighted by Gasteiger charge is -2.13. The van der Waals surface area contributed by atoms with Crippen LogP contribution in [0.5, 0.6) is 0 Å². The van der Waals surface area contributed by atoms with Crippen LogP contribution in [0.4, 0.5) is 13.2 Å². The number of aliphatic hydroxyl groups excluding tert-OH is 1. The number of hydrogen-bond acceptors (Lipinski definition) is 5. The molecule has 3 rings (SSSR count). The van der Waals surface area contributed by atoms with Crippen LogP contribution in [0.2, 0.25) is 0 Å². The van der Waals surface area contributed by atoms with Gasteiger partial charge in [0, 0.05) is 25.6 Å². The fourth-order valence-electron chi connectivity index (χ4n) is 2.56. The first-order valence-corrected chi connectivity index (χ1v) is 7.61. The van der Waals surface area contributed by atoms with Crippen molar-refractivity contribution in [2.24, 2.45) is 5.92 Å². The second kappa shape index (κ2) is 8.02. The molecule has 1 aliphatic heterocycles. The van der Waals surface area contributed by atoms with Crippen LogP contribution in [-0.4, -0.2) is 51.7 Å². The maximum atomic E-state index is 12.8. The topological polar surface area (TPSA) is 92.1 Å². The zero-order valence-corrected chi connectivity index (χ0v) is 14.2. The number of amides is 1. The molecule has 1 aliphatic rings. The van der Waals surface area contributed by atoms with E-state index < -0.39 is 23.8 Å². The van der Waals surface area contributed by atoms with Gasteiger partial charge in [0.1, 0.15) is 0 Å². The molecule has 1 aromatic carbocycles. The van der Waals surface area contributed by atoms with Crippen LogP contribution in [0.15, 0.2) is 30.5 Å². The van der Waals surface area contributed by atoms with Crippen molar-refractivity contribution in [1.82, 2.24) is 25.6 Å². The lowest BCUT2D eigenvalue weighted by Crippen LogP contribution is -2.34. The van der Waals surface area contributed by atoms with E-state index in [4.69, 9.17) is 0 Å². The van der Waals surface area contributed by atoms with Crippen molar-refractivity contribution in [3.63, 3.8) is 0 Å². The normalized spacial score (nSPS) is 19.8. The minimum absolute atomic E-state index is 0. The van der Waals surface area contributed by atoms with E-state index in [0.29, 0.717) is 13.1 Å². The van der Waals surface area contributed by atoms with Gasteiger partial charge in [-0.15, -0.1) is 17.5 Å². The third kappa shape index (κ3) is 4.51. The Labute approximate surface area is 153 Å². The van der Waals surface area contributed by atoms with E-state index in [1.807, 2.05) is 0 Å². The average Bonchev–Trinajstić information content (AvgIpc) is 3.21. The van der Waals surface area contributed by atoms with Gasteiger partial charge in [-0.3, -0.25) is 4.79 Å². The quantitative estimate of drug-likeness (QED) is 0.723. The minimum atomic E-state index is -4.47. The molecule has 3 N–H and O–H groups in total. The van der Waals surface area contributed by atoms with Crippen molar-refractivity contribution in [3.05, 3.63) is 41.7 Å². The van der Waals surface area contributed by atoms with Gasteiger partial charge in [-0.25, -0.2) is 4.68 Å². The fraction of sp³-hybridized carbons (Fsp3) is 0.400. The first-order valence-electron chi connectivity index (χ1n) is 7.61. The second-order valence-electron chi connectivity index (χ2n) is 5.79. The van der Waals surface area contributed by atoms with Crippen molar-refractivity contribution in [1.29, 1.82) is 0 Å². The van der Waals surface area contributed by atoms with Crippen LogP contribution >= 0.6 is 12.4 Å². The first-order chi connectivity index (χ1) is 11.8. The van der Waals surface area contributed by atoms with Gasteiger partial charge in [0.25, 0.3) is 5.91 Å². The Balaban J connectivity index is 0.00000243. The molecule has 26 heavy (non-hydrogen) atoms. The van der Waals surface area contributed by atoms with Crippen molar-refractivity contribution in [3.8, 4) is 5.69 Å². The summed E-state index contributed by atoms with van der Waals surface area (Å²) < 4.78 is 39.4. The molecule has 0 saturated carbocycles. The Morgan fingerprint density at radius 1 is 1.38 bits per heavy atom. The van der Waals surface area contributed by atoms with E-state index in [-0.39, 0.29) is 36.3 Å². The van der Waals surface area contributed by atoms with Crippen LogP contribution in [0.1, 0.15) is 16.1 Å². The highest BCUT2D eigenvalue weighted by Crippen LogP contribution is 2.30. The van der Waals surface area contributed by atoms with E-state index in [1.165, 1.54) is 18.3 Å². The van der Waals surface area contributed by atoms with Crippen molar-refractivity contribution in [2.75, 3.05) is 19.6 Å². The molecule has 0 bridgehead atoms. The number of hydrogen-bond donors (Lipinski definition) is 3. The van der Waals surface area contributed by atoms with Gasteiger partial charge in [0.05, 0.1) is 23.6 Å². The predicted octanol–water partition coefficient (Wildman–Crippen LogP) is 1.02. The van der Waals surface area contributed by atoms with Crippen molar-refractivity contribution in [2.45, 2.75) is 12.3 Å². The molecule has 1 saturated heterocycles. The third-order valence-electron chi connectivity index (χ3n) is 3.99.